The van der Waals surface area contributed by atoms with Crippen LogP contribution >= 0.6 is 0 Å². The number of hydrogen-bond acceptors (Lipinski definition) is 6. The smallest absolute Gasteiger partial charge is 0.349 e. The Bertz CT molecular complexity index is 779. The fourth-order valence-corrected chi connectivity index (χ4v) is 2.22. The average molecular weight is 314 g/mol. The van der Waals surface area contributed by atoms with Gasteiger partial charge in [-0.05, 0) is 12.1 Å². The Hall–Kier alpha value is -3.02. The van der Waals surface area contributed by atoms with Crippen LogP contribution in [0.5, 0.6) is 17.2 Å². The molecule has 0 saturated heterocycles. The molecule has 0 aliphatic carbocycles. The van der Waals surface area contributed by atoms with Crippen molar-refractivity contribution in [1.29, 1.82) is 0 Å². The molecule has 1 N–H and O–H groups in total. The summed E-state index contributed by atoms with van der Waals surface area (Å²) in [5.41, 5.74) is 0.272. The van der Waals surface area contributed by atoms with E-state index in [0.29, 0.717) is 5.56 Å². The lowest BCUT2D eigenvalue weighted by Gasteiger charge is -2.31. The third-order valence-corrected chi connectivity index (χ3v) is 3.17. The lowest BCUT2D eigenvalue weighted by molar-refractivity contribution is -0.127. The Kier molecular flexibility index (Phi) is 3.44. The fourth-order valence-electron chi connectivity index (χ4n) is 2.22. The highest BCUT2D eigenvalue weighted by Gasteiger charge is 2.36. The number of cyclic esters (lactones) is 1. The largest absolute Gasteiger partial charge is 0.507 e. The predicted octanol–water partition coefficient (Wildman–Crippen LogP) is 2.90. The normalized spacial score (nSPS) is 15.1. The van der Waals surface area contributed by atoms with Gasteiger partial charge in [-0.1, -0.05) is 18.2 Å². The first kappa shape index (κ1) is 14.9. The van der Waals surface area contributed by atoms with Crippen LogP contribution in [0.2, 0.25) is 0 Å². The number of rotatable bonds is 2. The van der Waals surface area contributed by atoms with E-state index < -0.39 is 17.7 Å². The van der Waals surface area contributed by atoms with E-state index in [-0.39, 0.29) is 22.8 Å². The SMILES string of the molecule is CC1(C)OC(=O)c2c(O)cc(OC(=O)c3ccccc3)cc2O1. The summed E-state index contributed by atoms with van der Waals surface area (Å²) in [6, 6.07) is 11.0. The van der Waals surface area contributed by atoms with E-state index in [9.17, 15) is 14.7 Å². The first-order chi connectivity index (χ1) is 10.9. The molecule has 0 unspecified atom stereocenters. The molecule has 0 amide bonds. The van der Waals surface area contributed by atoms with E-state index in [1.54, 1.807) is 44.2 Å². The molecular formula is C17H14O6. The maximum atomic E-state index is 12.0. The number of carbonyl (C=O) groups is 2. The fraction of sp³-hybridized carbons (Fsp3) is 0.176. The van der Waals surface area contributed by atoms with Crippen LogP contribution in [0.1, 0.15) is 34.6 Å². The maximum absolute atomic E-state index is 12.0. The molecule has 118 valence electrons. The topological polar surface area (TPSA) is 82.1 Å². The van der Waals surface area contributed by atoms with E-state index in [2.05, 4.69) is 0 Å². The monoisotopic (exact) mass is 314 g/mol. The number of phenolic OH excluding ortho intramolecular Hbond substituents is 1. The van der Waals surface area contributed by atoms with Gasteiger partial charge in [0.15, 0.2) is 0 Å². The number of aromatic hydroxyl groups is 1. The molecule has 0 saturated carbocycles. The molecule has 3 rings (SSSR count). The average Bonchev–Trinajstić information content (AvgIpc) is 2.45. The minimum atomic E-state index is -1.17. The number of esters is 2. The van der Waals surface area contributed by atoms with Crippen LogP contribution in [-0.2, 0) is 4.74 Å². The predicted molar refractivity (Wildman–Crippen MR) is 79.6 cm³/mol. The van der Waals surface area contributed by atoms with Crippen LogP contribution in [0.15, 0.2) is 42.5 Å². The van der Waals surface area contributed by atoms with E-state index in [4.69, 9.17) is 14.2 Å². The van der Waals surface area contributed by atoms with E-state index >= 15 is 0 Å². The van der Waals surface area contributed by atoms with Crippen molar-refractivity contribution in [3.63, 3.8) is 0 Å². The zero-order chi connectivity index (χ0) is 16.6. The molecule has 0 atom stereocenters. The van der Waals surface area contributed by atoms with Gasteiger partial charge in [0.25, 0.3) is 0 Å². The molecule has 0 radical (unpaired) electrons. The van der Waals surface area contributed by atoms with Crippen LogP contribution in [-0.4, -0.2) is 22.8 Å². The number of benzene rings is 2. The first-order valence-corrected chi connectivity index (χ1v) is 6.92. The molecule has 0 bridgehead atoms. The summed E-state index contributed by atoms with van der Waals surface area (Å²) in [6.07, 6.45) is 0. The van der Waals surface area contributed by atoms with Crippen molar-refractivity contribution in [3.8, 4) is 17.2 Å². The molecule has 2 aromatic rings. The van der Waals surface area contributed by atoms with Gasteiger partial charge in [0.2, 0.25) is 5.79 Å². The van der Waals surface area contributed by atoms with Crippen LogP contribution in [0.25, 0.3) is 0 Å². The summed E-state index contributed by atoms with van der Waals surface area (Å²) >= 11 is 0. The molecule has 2 aromatic carbocycles. The highest BCUT2D eigenvalue weighted by atomic mass is 16.7. The molecule has 0 spiro atoms. The molecule has 1 heterocycles. The zero-order valence-corrected chi connectivity index (χ0v) is 12.5. The Morgan fingerprint density at radius 1 is 1.13 bits per heavy atom. The first-order valence-electron chi connectivity index (χ1n) is 6.92. The molecule has 0 fully saturated rings. The molecule has 6 heteroatoms. The molecule has 1 aliphatic heterocycles. The number of hydrogen-bond donors (Lipinski definition) is 1. The standard InChI is InChI=1S/C17H14O6/c1-17(2)22-13-9-11(8-12(18)14(13)16(20)23-17)21-15(19)10-6-4-3-5-7-10/h3-9,18H,1-2H3. The van der Waals surface area contributed by atoms with Crippen LogP contribution in [0.4, 0.5) is 0 Å². The number of phenols is 1. The highest BCUT2D eigenvalue weighted by molar-refractivity contribution is 5.97. The van der Waals surface area contributed by atoms with Crippen molar-refractivity contribution in [2.75, 3.05) is 0 Å². The Balaban J connectivity index is 1.92. The van der Waals surface area contributed by atoms with E-state index in [1.165, 1.54) is 12.1 Å². The second kappa shape index (κ2) is 5.31. The van der Waals surface area contributed by atoms with Crippen molar-refractivity contribution in [2.45, 2.75) is 19.6 Å². The molecule has 23 heavy (non-hydrogen) atoms. The molecule has 0 aromatic heterocycles. The third-order valence-electron chi connectivity index (χ3n) is 3.17. The highest BCUT2D eigenvalue weighted by Crippen LogP contribution is 2.39. The van der Waals surface area contributed by atoms with Gasteiger partial charge in [0.05, 0.1) is 5.56 Å². The van der Waals surface area contributed by atoms with Gasteiger partial charge in [-0.2, -0.15) is 0 Å². The van der Waals surface area contributed by atoms with E-state index in [0.717, 1.165) is 0 Å². The molecular weight excluding hydrogens is 300 g/mol. The zero-order valence-electron chi connectivity index (χ0n) is 12.5. The van der Waals surface area contributed by atoms with Gasteiger partial charge in [-0.3, -0.25) is 0 Å². The summed E-state index contributed by atoms with van der Waals surface area (Å²) in [6.45, 7) is 3.13. The molecule has 6 nitrogen and oxygen atoms in total. The van der Waals surface area contributed by atoms with Crippen molar-refractivity contribution >= 4 is 11.9 Å². The summed E-state index contributed by atoms with van der Waals surface area (Å²) in [4.78, 5) is 24.0. The van der Waals surface area contributed by atoms with Gasteiger partial charge >= 0.3 is 11.9 Å². The minimum absolute atomic E-state index is 0.0700. The van der Waals surface area contributed by atoms with Gasteiger partial charge in [-0.25, -0.2) is 9.59 Å². The third kappa shape index (κ3) is 2.96. The van der Waals surface area contributed by atoms with Crippen LogP contribution in [0.3, 0.4) is 0 Å². The van der Waals surface area contributed by atoms with Gasteiger partial charge in [0.1, 0.15) is 22.8 Å². The number of carbonyl (C=O) groups excluding carboxylic acids is 2. The minimum Gasteiger partial charge on any atom is -0.507 e. The van der Waals surface area contributed by atoms with Crippen molar-refractivity contribution in [3.05, 3.63) is 53.6 Å². The van der Waals surface area contributed by atoms with Crippen molar-refractivity contribution in [2.24, 2.45) is 0 Å². The van der Waals surface area contributed by atoms with Gasteiger partial charge < -0.3 is 19.3 Å². The lowest BCUT2D eigenvalue weighted by atomic mass is 10.1. The van der Waals surface area contributed by atoms with E-state index in [1.807, 2.05) is 0 Å². The second-order valence-electron chi connectivity index (χ2n) is 5.46. The number of fused-ring (bicyclic) bond motifs is 1. The summed E-state index contributed by atoms with van der Waals surface area (Å²) in [7, 11) is 0. The Morgan fingerprint density at radius 2 is 1.83 bits per heavy atom. The summed E-state index contributed by atoms with van der Waals surface area (Å²) < 4.78 is 15.8. The Morgan fingerprint density at radius 3 is 2.52 bits per heavy atom. The molecule has 1 aliphatic rings. The Labute approximate surface area is 132 Å². The quantitative estimate of drug-likeness (QED) is 0.678. The number of ether oxygens (including phenoxy) is 3. The van der Waals surface area contributed by atoms with Crippen molar-refractivity contribution in [1.82, 2.24) is 0 Å². The maximum Gasteiger partial charge on any atom is 0.349 e. The summed E-state index contributed by atoms with van der Waals surface area (Å²) in [5, 5.41) is 9.99. The second-order valence-corrected chi connectivity index (χ2v) is 5.46. The summed E-state index contributed by atoms with van der Waals surface area (Å²) in [5.74, 6) is -2.66. The van der Waals surface area contributed by atoms with Crippen LogP contribution < -0.4 is 9.47 Å². The van der Waals surface area contributed by atoms with Gasteiger partial charge in [-0.15, -0.1) is 0 Å². The lowest BCUT2D eigenvalue weighted by Crippen LogP contribution is -2.38. The van der Waals surface area contributed by atoms with Gasteiger partial charge in [0, 0.05) is 26.0 Å². The van der Waals surface area contributed by atoms with Crippen molar-refractivity contribution < 1.29 is 28.9 Å². The van der Waals surface area contributed by atoms with Crippen LogP contribution in [0, 0.1) is 0 Å².